The molecule has 0 saturated heterocycles. The van der Waals surface area contributed by atoms with E-state index in [-0.39, 0.29) is 16.7 Å². The standard InChI is InChI=1S/C28H26FN3O3S2/c1-3-25(27(34)32-28-31-24(17-36-28)18-12-14-20(15-13-18)35-4-2)37-21-9-7-8-19(16-21)30-26(33)22-10-5-6-11-23(22)29/h5-17,25H,3-4H2,1-2H3,(H,30,33)(H,31,32,34). The number of nitrogens with zero attached hydrogens (tertiary/aromatic N) is 1. The fraction of sp³-hybridized carbons (Fsp3) is 0.179. The van der Waals surface area contributed by atoms with E-state index in [1.165, 1.54) is 41.3 Å². The molecule has 4 rings (SSSR count). The van der Waals surface area contributed by atoms with Crippen molar-refractivity contribution in [2.75, 3.05) is 17.2 Å². The molecule has 6 nitrogen and oxygen atoms in total. The number of carbonyl (C=O) groups is 2. The summed E-state index contributed by atoms with van der Waals surface area (Å²) in [6, 6.07) is 20.6. The van der Waals surface area contributed by atoms with Crippen LogP contribution in [0.4, 0.5) is 15.2 Å². The highest BCUT2D eigenvalue weighted by Gasteiger charge is 2.20. The van der Waals surface area contributed by atoms with Crippen LogP contribution >= 0.6 is 23.1 Å². The third-order valence-electron chi connectivity index (χ3n) is 5.35. The maximum absolute atomic E-state index is 13.9. The fourth-order valence-corrected chi connectivity index (χ4v) is 5.25. The molecule has 37 heavy (non-hydrogen) atoms. The van der Waals surface area contributed by atoms with Crippen LogP contribution in [0.5, 0.6) is 5.75 Å². The molecule has 0 saturated carbocycles. The molecule has 9 heteroatoms. The number of amides is 2. The van der Waals surface area contributed by atoms with Gasteiger partial charge in [0, 0.05) is 21.5 Å². The van der Waals surface area contributed by atoms with Gasteiger partial charge in [0.15, 0.2) is 5.13 Å². The van der Waals surface area contributed by atoms with Crippen LogP contribution in [0.25, 0.3) is 11.3 Å². The number of ether oxygens (including phenoxy) is 1. The highest BCUT2D eigenvalue weighted by molar-refractivity contribution is 8.00. The van der Waals surface area contributed by atoms with E-state index < -0.39 is 11.7 Å². The Morgan fingerprint density at radius 1 is 1.03 bits per heavy atom. The average Bonchev–Trinajstić information content (AvgIpc) is 3.36. The molecule has 0 aliphatic carbocycles. The van der Waals surface area contributed by atoms with E-state index in [0.717, 1.165) is 21.9 Å². The van der Waals surface area contributed by atoms with E-state index in [2.05, 4.69) is 15.6 Å². The molecule has 1 atom stereocenters. The predicted octanol–water partition coefficient (Wildman–Crippen LogP) is 7.11. The predicted molar refractivity (Wildman–Crippen MR) is 148 cm³/mol. The zero-order valence-corrected chi connectivity index (χ0v) is 22.0. The maximum atomic E-state index is 13.9. The van der Waals surface area contributed by atoms with Crippen molar-refractivity contribution in [3.05, 3.63) is 89.6 Å². The summed E-state index contributed by atoms with van der Waals surface area (Å²) in [6.45, 7) is 4.48. The number of thiazole rings is 1. The molecule has 3 aromatic carbocycles. The summed E-state index contributed by atoms with van der Waals surface area (Å²) in [5.41, 5.74) is 2.21. The number of carbonyl (C=O) groups excluding carboxylic acids is 2. The third kappa shape index (κ3) is 6.96. The SMILES string of the molecule is CCOc1ccc(-c2csc(NC(=O)C(CC)Sc3cccc(NC(=O)c4ccccc4F)c3)n2)cc1. The van der Waals surface area contributed by atoms with Gasteiger partial charge in [0.25, 0.3) is 5.91 Å². The lowest BCUT2D eigenvalue weighted by molar-refractivity contribution is -0.115. The summed E-state index contributed by atoms with van der Waals surface area (Å²) in [6.07, 6.45) is 0.597. The summed E-state index contributed by atoms with van der Waals surface area (Å²) in [5, 5.41) is 7.71. The number of aromatic nitrogens is 1. The van der Waals surface area contributed by atoms with Crippen LogP contribution in [-0.4, -0.2) is 28.7 Å². The zero-order chi connectivity index (χ0) is 26.2. The van der Waals surface area contributed by atoms with Crippen LogP contribution in [0.2, 0.25) is 0 Å². The molecule has 0 aliphatic rings. The lowest BCUT2D eigenvalue weighted by atomic mass is 10.2. The second-order valence-electron chi connectivity index (χ2n) is 7.96. The van der Waals surface area contributed by atoms with Crippen LogP contribution in [0.15, 0.2) is 83.1 Å². The number of anilines is 2. The Kier molecular flexibility index (Phi) is 8.92. The zero-order valence-electron chi connectivity index (χ0n) is 20.4. The molecular weight excluding hydrogens is 509 g/mol. The molecular formula is C28H26FN3O3S2. The van der Waals surface area contributed by atoms with Crippen LogP contribution in [-0.2, 0) is 4.79 Å². The Bertz CT molecular complexity index is 1380. The van der Waals surface area contributed by atoms with Gasteiger partial charge in [-0.05, 0) is 67.9 Å². The summed E-state index contributed by atoms with van der Waals surface area (Å²) in [4.78, 5) is 30.8. The first-order valence-electron chi connectivity index (χ1n) is 11.8. The monoisotopic (exact) mass is 535 g/mol. The van der Waals surface area contributed by atoms with Crippen molar-refractivity contribution in [1.82, 2.24) is 4.98 Å². The van der Waals surface area contributed by atoms with E-state index >= 15 is 0 Å². The minimum atomic E-state index is -0.582. The molecule has 190 valence electrons. The van der Waals surface area contributed by atoms with E-state index in [0.29, 0.717) is 23.8 Å². The lowest BCUT2D eigenvalue weighted by Crippen LogP contribution is -2.24. The largest absolute Gasteiger partial charge is 0.494 e. The summed E-state index contributed by atoms with van der Waals surface area (Å²) < 4.78 is 19.4. The van der Waals surface area contributed by atoms with Gasteiger partial charge >= 0.3 is 0 Å². The van der Waals surface area contributed by atoms with Crippen molar-refractivity contribution in [2.45, 2.75) is 30.4 Å². The number of halogens is 1. The van der Waals surface area contributed by atoms with E-state index in [9.17, 15) is 14.0 Å². The minimum absolute atomic E-state index is 0.0283. The van der Waals surface area contributed by atoms with Gasteiger partial charge in [-0.25, -0.2) is 9.37 Å². The molecule has 0 bridgehead atoms. The first kappa shape index (κ1) is 26.4. The fourth-order valence-electron chi connectivity index (χ4n) is 3.52. The smallest absolute Gasteiger partial charge is 0.258 e. The summed E-state index contributed by atoms with van der Waals surface area (Å²) in [5.74, 6) is -0.465. The van der Waals surface area contributed by atoms with Crippen molar-refractivity contribution in [3.63, 3.8) is 0 Å². The number of benzene rings is 3. The third-order valence-corrected chi connectivity index (χ3v) is 7.46. The number of rotatable bonds is 10. The Morgan fingerprint density at radius 3 is 2.54 bits per heavy atom. The van der Waals surface area contributed by atoms with Crippen molar-refractivity contribution in [3.8, 4) is 17.0 Å². The van der Waals surface area contributed by atoms with E-state index in [4.69, 9.17) is 4.74 Å². The Balaban J connectivity index is 1.38. The molecule has 1 unspecified atom stereocenters. The van der Waals surface area contributed by atoms with E-state index in [1.807, 2.05) is 49.6 Å². The van der Waals surface area contributed by atoms with Crippen LogP contribution in [0.1, 0.15) is 30.6 Å². The molecule has 0 spiro atoms. The number of thioether (sulfide) groups is 1. The highest BCUT2D eigenvalue weighted by Crippen LogP contribution is 2.30. The van der Waals surface area contributed by atoms with Crippen molar-refractivity contribution in [1.29, 1.82) is 0 Å². The molecule has 2 amide bonds. The van der Waals surface area contributed by atoms with Gasteiger partial charge in [0.05, 0.1) is 23.1 Å². The quantitative estimate of drug-likeness (QED) is 0.212. The van der Waals surface area contributed by atoms with Gasteiger partial charge in [-0.1, -0.05) is 25.1 Å². The van der Waals surface area contributed by atoms with Crippen molar-refractivity contribution < 1.29 is 18.7 Å². The summed E-state index contributed by atoms with van der Waals surface area (Å²) >= 11 is 2.76. The minimum Gasteiger partial charge on any atom is -0.494 e. The first-order valence-corrected chi connectivity index (χ1v) is 13.5. The van der Waals surface area contributed by atoms with Crippen molar-refractivity contribution in [2.24, 2.45) is 0 Å². The van der Waals surface area contributed by atoms with Crippen LogP contribution in [0, 0.1) is 5.82 Å². The second kappa shape index (κ2) is 12.5. The van der Waals surface area contributed by atoms with Crippen LogP contribution < -0.4 is 15.4 Å². The molecule has 0 fully saturated rings. The van der Waals surface area contributed by atoms with E-state index in [1.54, 1.807) is 24.3 Å². The lowest BCUT2D eigenvalue weighted by Gasteiger charge is -2.14. The second-order valence-corrected chi connectivity index (χ2v) is 10.1. The van der Waals surface area contributed by atoms with Gasteiger partial charge in [-0.3, -0.25) is 9.59 Å². The van der Waals surface area contributed by atoms with Gasteiger partial charge in [-0.15, -0.1) is 23.1 Å². The number of hydrogen-bond acceptors (Lipinski definition) is 6. The normalized spacial score (nSPS) is 11.5. The number of hydrogen-bond donors (Lipinski definition) is 2. The van der Waals surface area contributed by atoms with Crippen LogP contribution in [0.3, 0.4) is 0 Å². The van der Waals surface area contributed by atoms with Gasteiger partial charge < -0.3 is 15.4 Å². The molecule has 1 aromatic heterocycles. The van der Waals surface area contributed by atoms with Gasteiger partial charge in [0.1, 0.15) is 11.6 Å². The first-order chi connectivity index (χ1) is 18.0. The molecule has 2 N–H and O–H groups in total. The molecule has 1 heterocycles. The molecule has 0 aliphatic heterocycles. The Hall–Kier alpha value is -3.69. The highest BCUT2D eigenvalue weighted by atomic mass is 32.2. The Morgan fingerprint density at radius 2 is 1.81 bits per heavy atom. The van der Waals surface area contributed by atoms with Crippen molar-refractivity contribution >= 4 is 45.7 Å². The maximum Gasteiger partial charge on any atom is 0.258 e. The van der Waals surface area contributed by atoms with Gasteiger partial charge in [-0.2, -0.15) is 0 Å². The topological polar surface area (TPSA) is 80.3 Å². The Labute approximate surface area is 223 Å². The van der Waals surface area contributed by atoms with Gasteiger partial charge in [0.2, 0.25) is 5.91 Å². The summed E-state index contributed by atoms with van der Waals surface area (Å²) in [7, 11) is 0. The average molecular weight is 536 g/mol. The number of nitrogens with one attached hydrogen (secondary N) is 2. The molecule has 4 aromatic rings. The molecule has 0 radical (unpaired) electrons.